The number of benzene rings is 2. The lowest BCUT2D eigenvalue weighted by Crippen LogP contribution is -2.35. The minimum Gasteiger partial charge on any atom is -0.497 e. The molecule has 0 fully saturated rings. The summed E-state index contributed by atoms with van der Waals surface area (Å²) in [5.41, 5.74) is 0.780. The van der Waals surface area contributed by atoms with Crippen LogP contribution in [-0.2, 0) is 19.6 Å². The van der Waals surface area contributed by atoms with E-state index in [4.69, 9.17) is 21.1 Å². The van der Waals surface area contributed by atoms with E-state index in [1.54, 1.807) is 24.3 Å². The summed E-state index contributed by atoms with van der Waals surface area (Å²) in [6.07, 6.45) is 0. The molecule has 2 aromatic rings. The Labute approximate surface area is 172 Å². The third-order valence-electron chi connectivity index (χ3n) is 4.10. The predicted octanol–water partition coefficient (Wildman–Crippen LogP) is 1.94. The molecule has 2 amide bonds. The van der Waals surface area contributed by atoms with Gasteiger partial charge in [0.05, 0.1) is 24.4 Å². The number of amides is 2. The highest BCUT2D eigenvalue weighted by atomic mass is 35.5. The summed E-state index contributed by atoms with van der Waals surface area (Å²) in [6, 6.07) is 9.13. The number of anilines is 2. The molecular weight excluding hydrogens is 422 g/mol. The van der Waals surface area contributed by atoms with Crippen LogP contribution < -0.4 is 20.1 Å². The molecule has 1 aliphatic heterocycles. The SMILES string of the molecule is COc1ccc(NC(=O)CN(C)S(=O)(=O)c2cc3c(cc2Cl)NC(=O)CO3)cc1. The molecule has 11 heteroatoms. The molecule has 0 saturated heterocycles. The van der Waals surface area contributed by atoms with Crippen molar-refractivity contribution in [1.29, 1.82) is 0 Å². The van der Waals surface area contributed by atoms with Crippen LogP contribution in [-0.4, -0.2) is 51.8 Å². The fourth-order valence-electron chi connectivity index (χ4n) is 2.61. The van der Waals surface area contributed by atoms with Crippen LogP contribution in [0.1, 0.15) is 0 Å². The number of ether oxygens (including phenoxy) is 2. The molecular formula is C18H18ClN3O6S. The number of nitrogens with zero attached hydrogens (tertiary/aromatic N) is 1. The second kappa shape index (κ2) is 8.27. The van der Waals surface area contributed by atoms with Gasteiger partial charge in [-0.15, -0.1) is 0 Å². The molecule has 0 spiro atoms. The molecule has 0 saturated carbocycles. The predicted molar refractivity (Wildman–Crippen MR) is 107 cm³/mol. The van der Waals surface area contributed by atoms with Gasteiger partial charge in [0.2, 0.25) is 15.9 Å². The molecule has 154 valence electrons. The van der Waals surface area contributed by atoms with Crippen molar-refractivity contribution in [3.63, 3.8) is 0 Å². The van der Waals surface area contributed by atoms with Crippen LogP contribution in [0.2, 0.25) is 5.02 Å². The molecule has 1 heterocycles. The number of carbonyl (C=O) groups excluding carboxylic acids is 2. The van der Waals surface area contributed by atoms with E-state index in [0.29, 0.717) is 11.4 Å². The minimum absolute atomic E-state index is 0.100. The number of hydrogen-bond donors (Lipinski definition) is 2. The number of carbonyl (C=O) groups is 2. The van der Waals surface area contributed by atoms with Crippen molar-refractivity contribution in [1.82, 2.24) is 4.31 Å². The summed E-state index contributed by atoms with van der Waals surface area (Å²) < 4.78 is 36.9. The molecule has 1 aliphatic rings. The number of halogens is 1. The highest BCUT2D eigenvalue weighted by molar-refractivity contribution is 7.89. The van der Waals surface area contributed by atoms with E-state index in [-0.39, 0.29) is 33.9 Å². The van der Waals surface area contributed by atoms with Crippen molar-refractivity contribution < 1.29 is 27.5 Å². The Balaban J connectivity index is 1.74. The van der Waals surface area contributed by atoms with E-state index >= 15 is 0 Å². The Hall–Kier alpha value is -2.82. The van der Waals surface area contributed by atoms with Crippen molar-refractivity contribution >= 4 is 44.8 Å². The second-order valence-corrected chi connectivity index (χ2v) is 8.57. The van der Waals surface area contributed by atoms with Crippen LogP contribution in [0.4, 0.5) is 11.4 Å². The van der Waals surface area contributed by atoms with Gasteiger partial charge in [0.25, 0.3) is 5.91 Å². The molecule has 2 aromatic carbocycles. The third-order valence-corrected chi connectivity index (χ3v) is 6.36. The van der Waals surface area contributed by atoms with E-state index in [9.17, 15) is 18.0 Å². The highest BCUT2D eigenvalue weighted by Gasteiger charge is 2.28. The van der Waals surface area contributed by atoms with Gasteiger partial charge in [-0.3, -0.25) is 9.59 Å². The van der Waals surface area contributed by atoms with Crippen LogP contribution in [0.5, 0.6) is 11.5 Å². The summed E-state index contributed by atoms with van der Waals surface area (Å²) in [6.45, 7) is -0.659. The number of likely N-dealkylation sites (N-methyl/N-ethyl adjacent to an activating group) is 1. The summed E-state index contributed by atoms with van der Waals surface area (Å²) in [5, 5.41) is 5.06. The summed E-state index contributed by atoms with van der Waals surface area (Å²) in [7, 11) is -1.30. The monoisotopic (exact) mass is 439 g/mol. The van der Waals surface area contributed by atoms with Crippen molar-refractivity contribution in [2.24, 2.45) is 0 Å². The van der Waals surface area contributed by atoms with Gasteiger partial charge in [0.15, 0.2) is 6.61 Å². The zero-order valence-electron chi connectivity index (χ0n) is 15.6. The zero-order chi connectivity index (χ0) is 21.2. The zero-order valence-corrected chi connectivity index (χ0v) is 17.1. The van der Waals surface area contributed by atoms with Crippen molar-refractivity contribution in [2.75, 3.05) is 37.9 Å². The first-order valence-electron chi connectivity index (χ1n) is 8.37. The minimum atomic E-state index is -4.09. The van der Waals surface area contributed by atoms with Gasteiger partial charge < -0.3 is 20.1 Å². The lowest BCUT2D eigenvalue weighted by molar-refractivity contribution is -0.118. The van der Waals surface area contributed by atoms with Crippen molar-refractivity contribution in [3.05, 3.63) is 41.4 Å². The number of methoxy groups -OCH3 is 1. The molecule has 0 atom stereocenters. The van der Waals surface area contributed by atoms with Gasteiger partial charge in [-0.2, -0.15) is 4.31 Å². The Kier molecular flexibility index (Phi) is 5.96. The normalized spacial score (nSPS) is 13.3. The Morgan fingerprint density at radius 3 is 2.66 bits per heavy atom. The molecule has 9 nitrogen and oxygen atoms in total. The van der Waals surface area contributed by atoms with Crippen molar-refractivity contribution in [2.45, 2.75) is 4.90 Å². The van der Waals surface area contributed by atoms with Crippen LogP contribution in [0.25, 0.3) is 0 Å². The summed E-state index contributed by atoms with van der Waals surface area (Å²) in [5.74, 6) is -0.0813. The average Bonchev–Trinajstić information content (AvgIpc) is 2.67. The van der Waals surface area contributed by atoms with E-state index in [2.05, 4.69) is 10.6 Å². The Morgan fingerprint density at radius 1 is 1.31 bits per heavy atom. The Bertz CT molecular complexity index is 1060. The van der Waals surface area contributed by atoms with Gasteiger partial charge in [-0.1, -0.05) is 11.6 Å². The fraction of sp³-hybridized carbons (Fsp3) is 0.222. The quantitative estimate of drug-likeness (QED) is 0.711. The molecule has 0 unspecified atom stereocenters. The first-order chi connectivity index (χ1) is 13.7. The van der Waals surface area contributed by atoms with Crippen LogP contribution in [0.15, 0.2) is 41.3 Å². The third kappa shape index (κ3) is 4.61. The van der Waals surface area contributed by atoms with Gasteiger partial charge in [0.1, 0.15) is 16.4 Å². The topological polar surface area (TPSA) is 114 Å². The molecule has 3 rings (SSSR count). The maximum absolute atomic E-state index is 12.9. The van der Waals surface area contributed by atoms with Crippen molar-refractivity contribution in [3.8, 4) is 11.5 Å². The second-order valence-electron chi connectivity index (χ2n) is 6.15. The number of sulfonamides is 1. The van der Waals surface area contributed by atoms with E-state index in [0.717, 1.165) is 4.31 Å². The van der Waals surface area contributed by atoms with Gasteiger partial charge in [0, 0.05) is 18.8 Å². The molecule has 0 aliphatic carbocycles. The lowest BCUT2D eigenvalue weighted by atomic mass is 10.2. The maximum atomic E-state index is 12.9. The number of hydrogen-bond acceptors (Lipinski definition) is 6. The molecule has 0 bridgehead atoms. The molecule has 0 radical (unpaired) electrons. The highest BCUT2D eigenvalue weighted by Crippen LogP contribution is 2.36. The maximum Gasteiger partial charge on any atom is 0.262 e. The molecule has 29 heavy (non-hydrogen) atoms. The van der Waals surface area contributed by atoms with Crippen LogP contribution in [0, 0.1) is 0 Å². The van der Waals surface area contributed by atoms with Crippen LogP contribution >= 0.6 is 11.6 Å². The first kappa shape index (κ1) is 20.9. The van der Waals surface area contributed by atoms with E-state index < -0.39 is 22.5 Å². The van der Waals surface area contributed by atoms with E-state index in [1.165, 1.54) is 26.3 Å². The molecule has 2 N–H and O–H groups in total. The lowest BCUT2D eigenvalue weighted by Gasteiger charge is -2.22. The van der Waals surface area contributed by atoms with E-state index in [1.807, 2.05) is 0 Å². The smallest absolute Gasteiger partial charge is 0.262 e. The number of nitrogens with one attached hydrogen (secondary N) is 2. The number of rotatable bonds is 6. The Morgan fingerprint density at radius 2 is 2.00 bits per heavy atom. The average molecular weight is 440 g/mol. The first-order valence-corrected chi connectivity index (χ1v) is 10.2. The summed E-state index contributed by atoms with van der Waals surface area (Å²) in [4.78, 5) is 23.4. The van der Waals surface area contributed by atoms with Crippen LogP contribution in [0.3, 0.4) is 0 Å². The largest absolute Gasteiger partial charge is 0.497 e. The van der Waals surface area contributed by atoms with Gasteiger partial charge in [-0.05, 0) is 30.3 Å². The molecule has 0 aromatic heterocycles. The number of fused-ring (bicyclic) bond motifs is 1. The summed E-state index contributed by atoms with van der Waals surface area (Å²) >= 11 is 6.11. The fourth-order valence-corrected chi connectivity index (χ4v) is 4.25. The van der Waals surface area contributed by atoms with Gasteiger partial charge >= 0.3 is 0 Å². The standard InChI is InChI=1S/C18H18ClN3O6S/c1-22(9-17(23)20-11-3-5-12(27-2)6-4-11)29(25,26)16-8-15-14(7-13(16)19)21-18(24)10-28-15/h3-8H,9-10H2,1-2H3,(H,20,23)(H,21,24). The van der Waals surface area contributed by atoms with Gasteiger partial charge in [-0.25, -0.2) is 8.42 Å².